The first-order chi connectivity index (χ1) is 24.9. The number of phosphoric ester groups is 1. The van der Waals surface area contributed by atoms with E-state index in [4.69, 9.17) is 19.3 Å². The Morgan fingerprint density at radius 1 is 0.549 bits per heavy atom. The number of rotatable bonds is 36. The molecule has 7 nitrogen and oxygen atoms in total. The average molecular weight is 733 g/mol. The monoisotopic (exact) mass is 733 g/mol. The maximum Gasteiger partial charge on any atom is 0.469 e. The van der Waals surface area contributed by atoms with Crippen LogP contribution in [-0.4, -0.2) is 35.1 Å². The van der Waals surface area contributed by atoms with Crippen LogP contribution >= 0.6 is 7.82 Å². The van der Waals surface area contributed by atoms with Crippen LogP contribution in [0.25, 0.3) is 0 Å². The van der Waals surface area contributed by atoms with Crippen LogP contribution in [0.15, 0.2) is 85.3 Å². The predicted molar refractivity (Wildman–Crippen MR) is 215 cm³/mol. The normalized spacial score (nSPS) is 13.5. The smallest absolute Gasteiger partial charge is 0.469 e. The van der Waals surface area contributed by atoms with E-state index < -0.39 is 26.5 Å². The lowest BCUT2D eigenvalue weighted by atomic mass is 10.0. The molecule has 0 aromatic rings. The number of carbonyl (C=O) groups is 1. The van der Waals surface area contributed by atoms with Gasteiger partial charge in [-0.15, -0.1) is 0 Å². The van der Waals surface area contributed by atoms with E-state index in [1.807, 2.05) is 18.2 Å². The van der Waals surface area contributed by atoms with Gasteiger partial charge in [0.2, 0.25) is 0 Å². The van der Waals surface area contributed by atoms with Crippen LogP contribution in [-0.2, 0) is 23.4 Å². The SMILES string of the molecule is CC/C=C\C/C=C\C/C=C\C/C=C\C/C=C\C/C=C\CCC(=O)O[C@H](CO/C=C\CCCCCCCCCCCCCCCC)COP(=O)(O)O. The fourth-order valence-electron chi connectivity index (χ4n) is 5.14. The minimum atomic E-state index is -4.69. The van der Waals surface area contributed by atoms with E-state index in [-0.39, 0.29) is 13.0 Å². The number of esters is 1. The van der Waals surface area contributed by atoms with Crippen molar-refractivity contribution in [2.45, 2.75) is 168 Å². The number of unbranched alkanes of at least 4 members (excludes halogenated alkanes) is 14. The maximum atomic E-state index is 12.3. The molecule has 8 heteroatoms. The molecular weight excluding hydrogens is 659 g/mol. The lowest BCUT2D eigenvalue weighted by molar-refractivity contribution is -0.153. The summed E-state index contributed by atoms with van der Waals surface area (Å²) in [5.41, 5.74) is 0. The summed E-state index contributed by atoms with van der Waals surface area (Å²) in [6, 6.07) is 0. The second-order valence-electron chi connectivity index (χ2n) is 12.9. The third-order valence-electron chi connectivity index (χ3n) is 8.04. The Bertz CT molecular complexity index is 1030. The molecule has 0 fully saturated rings. The van der Waals surface area contributed by atoms with E-state index in [1.54, 1.807) is 6.26 Å². The Balaban J connectivity index is 4.03. The van der Waals surface area contributed by atoms with Crippen LogP contribution in [0.1, 0.15) is 162 Å². The minimum Gasteiger partial charge on any atom is -0.498 e. The van der Waals surface area contributed by atoms with Gasteiger partial charge in [0.15, 0.2) is 6.10 Å². The van der Waals surface area contributed by atoms with Crippen molar-refractivity contribution in [1.82, 2.24) is 0 Å². The maximum absolute atomic E-state index is 12.3. The fourth-order valence-corrected chi connectivity index (χ4v) is 5.50. The van der Waals surface area contributed by atoms with Crippen molar-refractivity contribution in [3.05, 3.63) is 85.3 Å². The number of hydrogen-bond acceptors (Lipinski definition) is 5. The summed E-state index contributed by atoms with van der Waals surface area (Å²) in [7, 11) is -4.69. The number of hydrogen-bond donors (Lipinski definition) is 2. The van der Waals surface area contributed by atoms with Gasteiger partial charge in [-0.2, -0.15) is 0 Å². The topological polar surface area (TPSA) is 102 Å². The molecule has 0 saturated heterocycles. The average Bonchev–Trinajstić information content (AvgIpc) is 3.10. The Hall–Kier alpha value is -2.44. The number of allylic oxidation sites excluding steroid dienone is 13. The molecule has 2 N–H and O–H groups in total. The van der Waals surface area contributed by atoms with E-state index in [2.05, 4.69) is 79.1 Å². The second kappa shape index (κ2) is 38.8. The molecule has 51 heavy (non-hydrogen) atoms. The summed E-state index contributed by atoms with van der Waals surface area (Å²) in [6.07, 6.45) is 53.9. The zero-order valence-electron chi connectivity index (χ0n) is 32.2. The van der Waals surface area contributed by atoms with E-state index in [0.717, 1.165) is 51.4 Å². The van der Waals surface area contributed by atoms with Crippen molar-refractivity contribution in [2.24, 2.45) is 0 Å². The molecule has 0 unspecified atom stereocenters. The first-order valence-electron chi connectivity index (χ1n) is 19.9. The van der Waals surface area contributed by atoms with Crippen LogP contribution < -0.4 is 0 Å². The van der Waals surface area contributed by atoms with Crippen molar-refractivity contribution in [3.63, 3.8) is 0 Å². The molecule has 0 aromatic carbocycles. The highest BCUT2D eigenvalue weighted by molar-refractivity contribution is 7.46. The van der Waals surface area contributed by atoms with Gasteiger partial charge >= 0.3 is 13.8 Å². The summed E-state index contributed by atoms with van der Waals surface area (Å²) in [4.78, 5) is 30.5. The van der Waals surface area contributed by atoms with Crippen LogP contribution in [0.5, 0.6) is 0 Å². The molecule has 0 bridgehead atoms. The third-order valence-corrected chi connectivity index (χ3v) is 8.52. The molecule has 0 rings (SSSR count). The third kappa shape index (κ3) is 41.9. The Labute approximate surface area is 312 Å². The predicted octanol–water partition coefficient (Wildman–Crippen LogP) is 12.9. The molecule has 0 aliphatic carbocycles. The molecule has 0 amide bonds. The van der Waals surface area contributed by atoms with Crippen molar-refractivity contribution in [2.75, 3.05) is 13.2 Å². The summed E-state index contributed by atoms with van der Waals surface area (Å²) in [6.45, 7) is 3.92. The number of ether oxygens (including phenoxy) is 2. The first-order valence-corrected chi connectivity index (χ1v) is 21.5. The van der Waals surface area contributed by atoms with Crippen LogP contribution in [0.3, 0.4) is 0 Å². The van der Waals surface area contributed by atoms with Gasteiger partial charge in [-0.3, -0.25) is 9.32 Å². The van der Waals surface area contributed by atoms with E-state index >= 15 is 0 Å². The molecule has 0 heterocycles. The van der Waals surface area contributed by atoms with Crippen molar-refractivity contribution in [1.29, 1.82) is 0 Å². The molecule has 0 radical (unpaired) electrons. The van der Waals surface area contributed by atoms with E-state index in [9.17, 15) is 9.36 Å². The quantitative estimate of drug-likeness (QED) is 0.0217. The van der Waals surface area contributed by atoms with Crippen LogP contribution in [0.2, 0.25) is 0 Å². The lowest BCUT2D eigenvalue weighted by Crippen LogP contribution is -2.27. The minimum absolute atomic E-state index is 0.0408. The number of carbonyl (C=O) groups excluding carboxylic acids is 1. The molecule has 0 spiro atoms. The summed E-state index contributed by atoms with van der Waals surface area (Å²) in [5, 5.41) is 0. The molecule has 0 saturated carbocycles. The molecule has 0 aliphatic heterocycles. The molecule has 0 aliphatic rings. The highest BCUT2D eigenvalue weighted by atomic mass is 31.2. The van der Waals surface area contributed by atoms with Gasteiger partial charge in [0.25, 0.3) is 0 Å². The van der Waals surface area contributed by atoms with Crippen molar-refractivity contribution in [3.8, 4) is 0 Å². The summed E-state index contributed by atoms with van der Waals surface area (Å²) in [5.74, 6) is -0.469. The second-order valence-corrected chi connectivity index (χ2v) is 14.2. The van der Waals surface area contributed by atoms with Gasteiger partial charge in [0.05, 0.1) is 12.9 Å². The number of phosphoric acid groups is 1. The Morgan fingerprint density at radius 2 is 0.980 bits per heavy atom. The highest BCUT2D eigenvalue weighted by Gasteiger charge is 2.21. The van der Waals surface area contributed by atoms with Crippen LogP contribution in [0, 0.1) is 0 Å². The van der Waals surface area contributed by atoms with Gasteiger partial charge in [0, 0.05) is 6.42 Å². The molecule has 1 atom stereocenters. The largest absolute Gasteiger partial charge is 0.498 e. The molecular formula is C43H73O7P. The lowest BCUT2D eigenvalue weighted by Gasteiger charge is -2.17. The zero-order chi connectivity index (χ0) is 37.4. The fraction of sp³-hybridized carbons (Fsp3) is 0.651. The van der Waals surface area contributed by atoms with E-state index in [0.29, 0.717) is 6.42 Å². The van der Waals surface area contributed by atoms with Gasteiger partial charge in [-0.25, -0.2) is 4.57 Å². The Kier molecular flexibility index (Phi) is 36.9. The van der Waals surface area contributed by atoms with Gasteiger partial charge in [-0.05, 0) is 63.9 Å². The van der Waals surface area contributed by atoms with Crippen molar-refractivity contribution >= 4 is 13.8 Å². The van der Waals surface area contributed by atoms with Crippen LogP contribution in [0.4, 0.5) is 0 Å². The summed E-state index contributed by atoms with van der Waals surface area (Å²) >= 11 is 0. The van der Waals surface area contributed by atoms with Gasteiger partial charge < -0.3 is 19.3 Å². The van der Waals surface area contributed by atoms with Gasteiger partial charge in [-0.1, -0.05) is 170 Å². The summed E-state index contributed by atoms with van der Waals surface area (Å²) < 4.78 is 26.6. The van der Waals surface area contributed by atoms with Crippen molar-refractivity contribution < 1.29 is 33.1 Å². The van der Waals surface area contributed by atoms with Gasteiger partial charge in [0.1, 0.15) is 6.61 Å². The van der Waals surface area contributed by atoms with E-state index in [1.165, 1.54) is 83.5 Å². The standard InChI is InChI=1S/C43H73O7P/c1-3-5-7-9-11-13-15-17-19-21-22-23-24-26-28-30-32-34-36-38-43(44)50-42(41-49-51(45,46)47)40-48-39-37-35-33-31-29-27-25-20-18-16-14-12-10-8-6-4-2/h5,7,11,13,17,19,22-23,26,28,32,34,37,39,42H,3-4,6,8-10,12,14-16,18,20-21,24-25,27,29-31,33,35-36,38,40-41H2,1-2H3,(H2,45,46,47)/b7-5-,13-11-,19-17-,23-22-,28-26-,34-32-,39-37-/t42-/m1/s1. The highest BCUT2D eigenvalue weighted by Crippen LogP contribution is 2.35. The zero-order valence-corrected chi connectivity index (χ0v) is 33.1. The molecule has 292 valence electrons. The molecule has 0 aromatic heterocycles. The Morgan fingerprint density at radius 3 is 1.43 bits per heavy atom. The first kappa shape index (κ1) is 48.6.